The summed E-state index contributed by atoms with van der Waals surface area (Å²) in [5.74, 6) is 2.02. The van der Waals surface area contributed by atoms with Crippen LogP contribution in [0.1, 0.15) is 31.2 Å². The Bertz CT molecular complexity index is 1150. The number of aromatic nitrogens is 4. The first-order chi connectivity index (χ1) is 13.8. The maximum Gasteiger partial charge on any atom is 0.416 e. The second-order valence-electron chi connectivity index (χ2n) is 6.91. The number of fused-ring (bicyclic) bond motifs is 1. The van der Waals surface area contributed by atoms with Crippen LogP contribution < -0.4 is 5.32 Å². The van der Waals surface area contributed by atoms with E-state index in [1.165, 1.54) is 18.3 Å². The summed E-state index contributed by atoms with van der Waals surface area (Å²) in [5, 5.41) is 3.01. The summed E-state index contributed by atoms with van der Waals surface area (Å²) in [7, 11) is 0. The normalized spacial score (nSPS) is 11.9. The Morgan fingerprint density at radius 1 is 0.931 bits per heavy atom. The molecule has 2 heterocycles. The first-order valence-corrected chi connectivity index (χ1v) is 9.07. The number of imidazole rings is 1. The van der Waals surface area contributed by atoms with Crippen LogP contribution >= 0.6 is 0 Å². The molecule has 0 atom stereocenters. The second-order valence-corrected chi connectivity index (χ2v) is 6.91. The van der Waals surface area contributed by atoms with Crippen molar-refractivity contribution >= 4 is 22.5 Å². The molecule has 4 rings (SSSR count). The molecule has 0 radical (unpaired) electrons. The van der Waals surface area contributed by atoms with Gasteiger partial charge in [-0.05, 0) is 36.4 Å². The van der Waals surface area contributed by atoms with Crippen LogP contribution in [-0.4, -0.2) is 19.5 Å². The number of hydrogen-bond acceptors (Lipinski definition) is 4. The molecule has 0 saturated heterocycles. The Morgan fingerprint density at radius 3 is 2.34 bits per heavy atom. The van der Waals surface area contributed by atoms with Crippen molar-refractivity contribution in [3.05, 3.63) is 72.3 Å². The van der Waals surface area contributed by atoms with Crippen LogP contribution in [0.5, 0.6) is 0 Å². The van der Waals surface area contributed by atoms with E-state index in [9.17, 15) is 13.2 Å². The number of halogens is 3. The fourth-order valence-corrected chi connectivity index (χ4v) is 3.09. The van der Waals surface area contributed by atoms with E-state index in [4.69, 9.17) is 4.98 Å². The fourth-order valence-electron chi connectivity index (χ4n) is 3.09. The van der Waals surface area contributed by atoms with E-state index < -0.39 is 11.7 Å². The first kappa shape index (κ1) is 18.9. The molecule has 0 amide bonds. The molecular weight excluding hydrogens is 379 g/mol. The summed E-state index contributed by atoms with van der Waals surface area (Å²) in [6.07, 6.45) is -1.21. The number of nitrogens with one attached hydrogen (secondary N) is 1. The molecular formula is C21H18F3N5. The average molecular weight is 397 g/mol. The zero-order valence-electron chi connectivity index (χ0n) is 15.8. The SMILES string of the molecule is CC(C)c1nc2ccccc2n1-c1cncc(Nc2ccc(C(F)(F)F)cc2)n1. The Kier molecular flexibility index (Phi) is 4.70. The minimum Gasteiger partial charge on any atom is -0.339 e. The molecule has 2 aromatic carbocycles. The summed E-state index contributed by atoms with van der Waals surface area (Å²) in [5.41, 5.74) is 1.56. The van der Waals surface area contributed by atoms with Crippen molar-refractivity contribution in [3.8, 4) is 5.82 Å². The molecule has 5 nitrogen and oxygen atoms in total. The molecule has 0 fully saturated rings. The highest BCUT2D eigenvalue weighted by Gasteiger charge is 2.29. The summed E-state index contributed by atoms with van der Waals surface area (Å²) in [6.45, 7) is 4.10. The van der Waals surface area contributed by atoms with Crippen LogP contribution in [0.15, 0.2) is 60.9 Å². The molecule has 0 spiro atoms. The zero-order valence-corrected chi connectivity index (χ0v) is 15.8. The molecule has 0 aliphatic heterocycles. The molecule has 29 heavy (non-hydrogen) atoms. The van der Waals surface area contributed by atoms with Gasteiger partial charge in [-0.1, -0.05) is 26.0 Å². The van der Waals surface area contributed by atoms with Gasteiger partial charge in [-0.3, -0.25) is 9.55 Å². The Labute approximate surface area is 165 Å². The Hall–Kier alpha value is -3.42. The number of alkyl halides is 3. The van der Waals surface area contributed by atoms with Crippen LogP contribution in [0.2, 0.25) is 0 Å². The summed E-state index contributed by atoms with van der Waals surface area (Å²) < 4.78 is 40.2. The van der Waals surface area contributed by atoms with Gasteiger partial charge in [-0.25, -0.2) is 9.97 Å². The average Bonchev–Trinajstić information content (AvgIpc) is 3.08. The van der Waals surface area contributed by atoms with Gasteiger partial charge in [0.1, 0.15) is 5.82 Å². The molecule has 4 aromatic rings. The highest BCUT2D eigenvalue weighted by molar-refractivity contribution is 5.78. The van der Waals surface area contributed by atoms with Crippen molar-refractivity contribution in [2.24, 2.45) is 0 Å². The van der Waals surface area contributed by atoms with Crippen LogP contribution in [0.4, 0.5) is 24.7 Å². The zero-order chi connectivity index (χ0) is 20.6. The van der Waals surface area contributed by atoms with Crippen molar-refractivity contribution in [1.29, 1.82) is 0 Å². The van der Waals surface area contributed by atoms with Gasteiger partial charge < -0.3 is 5.32 Å². The monoisotopic (exact) mass is 397 g/mol. The van der Waals surface area contributed by atoms with Crippen LogP contribution in [-0.2, 0) is 6.18 Å². The Morgan fingerprint density at radius 2 is 1.66 bits per heavy atom. The van der Waals surface area contributed by atoms with Crippen molar-refractivity contribution in [3.63, 3.8) is 0 Å². The molecule has 0 unspecified atom stereocenters. The van der Waals surface area contributed by atoms with Crippen molar-refractivity contribution < 1.29 is 13.2 Å². The number of benzene rings is 2. The maximum absolute atomic E-state index is 12.7. The third-order valence-electron chi connectivity index (χ3n) is 4.44. The largest absolute Gasteiger partial charge is 0.416 e. The number of para-hydroxylation sites is 2. The molecule has 2 aromatic heterocycles. The maximum atomic E-state index is 12.7. The molecule has 1 N–H and O–H groups in total. The molecule has 0 aliphatic carbocycles. The second kappa shape index (κ2) is 7.20. The van der Waals surface area contributed by atoms with Gasteiger partial charge in [0, 0.05) is 11.6 Å². The summed E-state index contributed by atoms with van der Waals surface area (Å²) >= 11 is 0. The predicted octanol–water partition coefficient (Wildman–Crippen LogP) is 5.70. The summed E-state index contributed by atoms with van der Waals surface area (Å²) in [4.78, 5) is 13.6. The number of anilines is 2. The minimum atomic E-state index is -4.37. The number of rotatable bonds is 4. The van der Waals surface area contributed by atoms with E-state index in [1.807, 2.05) is 28.8 Å². The predicted molar refractivity (Wildman–Crippen MR) is 105 cm³/mol. The third kappa shape index (κ3) is 3.78. The van der Waals surface area contributed by atoms with Gasteiger partial charge in [0.05, 0.1) is 29.0 Å². The van der Waals surface area contributed by atoms with E-state index in [2.05, 4.69) is 29.1 Å². The molecule has 148 valence electrons. The molecule has 0 saturated carbocycles. The minimum absolute atomic E-state index is 0.163. The highest BCUT2D eigenvalue weighted by atomic mass is 19.4. The van der Waals surface area contributed by atoms with Gasteiger partial charge in [0.2, 0.25) is 0 Å². The highest BCUT2D eigenvalue weighted by Crippen LogP contribution is 2.30. The molecule has 8 heteroatoms. The van der Waals surface area contributed by atoms with Gasteiger partial charge >= 0.3 is 6.18 Å². The van der Waals surface area contributed by atoms with Crippen LogP contribution in [0, 0.1) is 0 Å². The van der Waals surface area contributed by atoms with Gasteiger partial charge in [0.25, 0.3) is 0 Å². The number of nitrogens with zero attached hydrogens (tertiary/aromatic N) is 4. The molecule has 0 bridgehead atoms. The van der Waals surface area contributed by atoms with E-state index in [0.29, 0.717) is 17.3 Å². The van der Waals surface area contributed by atoms with Crippen molar-refractivity contribution in [1.82, 2.24) is 19.5 Å². The lowest BCUT2D eigenvalue weighted by molar-refractivity contribution is -0.137. The summed E-state index contributed by atoms with van der Waals surface area (Å²) in [6, 6.07) is 12.5. The first-order valence-electron chi connectivity index (χ1n) is 9.07. The van der Waals surface area contributed by atoms with E-state index in [1.54, 1.807) is 6.20 Å². The van der Waals surface area contributed by atoms with Gasteiger partial charge in [0.15, 0.2) is 11.6 Å². The quantitative estimate of drug-likeness (QED) is 0.480. The smallest absolute Gasteiger partial charge is 0.339 e. The lowest BCUT2D eigenvalue weighted by Crippen LogP contribution is -2.07. The number of hydrogen-bond donors (Lipinski definition) is 1. The lowest BCUT2D eigenvalue weighted by atomic mass is 10.2. The van der Waals surface area contributed by atoms with Crippen molar-refractivity contribution in [2.45, 2.75) is 25.9 Å². The van der Waals surface area contributed by atoms with Crippen LogP contribution in [0.25, 0.3) is 16.9 Å². The molecule has 0 aliphatic rings. The van der Waals surface area contributed by atoms with E-state index >= 15 is 0 Å². The Balaban J connectivity index is 1.70. The third-order valence-corrected chi connectivity index (χ3v) is 4.44. The van der Waals surface area contributed by atoms with E-state index in [-0.39, 0.29) is 5.92 Å². The fraction of sp³-hybridized carbons (Fsp3) is 0.190. The topological polar surface area (TPSA) is 55.6 Å². The van der Waals surface area contributed by atoms with Crippen LogP contribution in [0.3, 0.4) is 0 Å². The van der Waals surface area contributed by atoms with Gasteiger partial charge in [-0.2, -0.15) is 13.2 Å². The lowest BCUT2D eigenvalue weighted by Gasteiger charge is -2.12. The van der Waals surface area contributed by atoms with Crippen molar-refractivity contribution in [2.75, 3.05) is 5.32 Å². The standard InChI is InChI=1S/C21H18F3N5/c1-13(2)20-27-16-5-3-4-6-17(16)29(20)19-12-25-11-18(28-19)26-15-9-7-14(8-10-15)21(22,23)24/h3-13H,1-2H3,(H,26,28). The van der Waals surface area contributed by atoms with Gasteiger partial charge in [-0.15, -0.1) is 0 Å². The van der Waals surface area contributed by atoms with E-state index in [0.717, 1.165) is 29.0 Å².